The van der Waals surface area contributed by atoms with E-state index in [1.54, 1.807) is 12.4 Å². The van der Waals surface area contributed by atoms with Crippen LogP contribution < -0.4 is 0 Å². The first-order valence-corrected chi connectivity index (χ1v) is 10.2. The zero-order chi connectivity index (χ0) is 21.9. The topological polar surface area (TPSA) is 125 Å². The fourth-order valence-electron chi connectivity index (χ4n) is 3.13. The summed E-state index contributed by atoms with van der Waals surface area (Å²) in [6.07, 6.45) is 5.51. The first kappa shape index (κ1) is 24.2. The lowest BCUT2D eigenvalue weighted by Crippen LogP contribution is -2.34. The Labute approximate surface area is 175 Å². The molecule has 0 aliphatic carbocycles. The molecule has 168 valence electrons. The van der Waals surface area contributed by atoms with Gasteiger partial charge >= 0.3 is 5.97 Å². The molecule has 0 aromatic carbocycles. The highest BCUT2D eigenvalue weighted by Crippen LogP contribution is 2.27. The monoisotopic (exact) mass is 425 g/mol. The standard InChI is InChI=1S/C11H22O4.C9H9N3O3/c1-4-12-10(13-5-2)9-7-8-15-11(9)14-6-3;13-2-1-6-3-10-8-7(9(14)15)4-11-12(8)5-6/h9-11H,4-8H2,1-3H3;3-5,13H,1-2H2,(H,14,15). The number of carboxylic acids is 1. The van der Waals surface area contributed by atoms with Crippen LogP contribution in [0.2, 0.25) is 0 Å². The minimum atomic E-state index is -1.05. The Morgan fingerprint density at radius 2 is 2.00 bits per heavy atom. The molecule has 0 spiro atoms. The number of hydrogen-bond donors (Lipinski definition) is 2. The van der Waals surface area contributed by atoms with Crippen LogP contribution in [0.15, 0.2) is 18.6 Å². The zero-order valence-corrected chi connectivity index (χ0v) is 17.7. The second-order valence-electron chi connectivity index (χ2n) is 6.49. The molecule has 2 unspecified atom stereocenters. The van der Waals surface area contributed by atoms with Crippen LogP contribution in [0.1, 0.15) is 43.1 Å². The highest BCUT2D eigenvalue weighted by molar-refractivity contribution is 5.93. The number of aliphatic hydroxyl groups excluding tert-OH is 1. The maximum absolute atomic E-state index is 10.8. The summed E-state index contributed by atoms with van der Waals surface area (Å²) in [6.45, 7) is 8.63. The summed E-state index contributed by atoms with van der Waals surface area (Å²) in [7, 11) is 0. The molecule has 2 aromatic heterocycles. The van der Waals surface area contributed by atoms with E-state index in [-0.39, 0.29) is 30.7 Å². The highest BCUT2D eigenvalue weighted by Gasteiger charge is 2.36. The molecule has 3 heterocycles. The zero-order valence-electron chi connectivity index (χ0n) is 17.7. The van der Waals surface area contributed by atoms with Crippen molar-refractivity contribution in [1.29, 1.82) is 0 Å². The second kappa shape index (κ2) is 12.6. The lowest BCUT2D eigenvalue weighted by atomic mass is 10.1. The number of aromatic nitrogens is 3. The minimum absolute atomic E-state index is 0.0280. The third-order valence-corrected chi connectivity index (χ3v) is 4.47. The minimum Gasteiger partial charge on any atom is -0.477 e. The van der Waals surface area contributed by atoms with Gasteiger partial charge in [-0.3, -0.25) is 0 Å². The predicted molar refractivity (Wildman–Crippen MR) is 107 cm³/mol. The van der Waals surface area contributed by atoms with Crippen molar-refractivity contribution in [1.82, 2.24) is 14.6 Å². The van der Waals surface area contributed by atoms with Crippen molar-refractivity contribution in [2.24, 2.45) is 5.92 Å². The van der Waals surface area contributed by atoms with E-state index in [0.29, 0.717) is 31.9 Å². The summed E-state index contributed by atoms with van der Waals surface area (Å²) < 4.78 is 23.5. The van der Waals surface area contributed by atoms with Gasteiger partial charge in [0.1, 0.15) is 5.56 Å². The smallest absolute Gasteiger partial charge is 0.341 e. The van der Waals surface area contributed by atoms with E-state index >= 15 is 0 Å². The molecule has 1 aliphatic heterocycles. The Hall–Kier alpha value is -2.11. The van der Waals surface area contributed by atoms with Crippen LogP contribution in [-0.2, 0) is 25.4 Å². The van der Waals surface area contributed by atoms with Crippen LogP contribution in [0, 0.1) is 5.92 Å². The molecule has 0 saturated carbocycles. The van der Waals surface area contributed by atoms with Crippen molar-refractivity contribution < 1.29 is 34.0 Å². The van der Waals surface area contributed by atoms with Gasteiger partial charge in [0.25, 0.3) is 0 Å². The van der Waals surface area contributed by atoms with E-state index in [4.69, 9.17) is 29.2 Å². The number of ether oxygens (including phenoxy) is 4. The Kier molecular flexibility index (Phi) is 10.1. The van der Waals surface area contributed by atoms with Gasteiger partial charge < -0.3 is 29.2 Å². The van der Waals surface area contributed by atoms with Crippen LogP contribution in [0.3, 0.4) is 0 Å². The third kappa shape index (κ3) is 6.44. The second-order valence-corrected chi connectivity index (χ2v) is 6.49. The van der Waals surface area contributed by atoms with E-state index in [9.17, 15) is 4.79 Å². The maximum atomic E-state index is 10.8. The van der Waals surface area contributed by atoms with Crippen molar-refractivity contribution in [3.05, 3.63) is 29.7 Å². The number of hydrogen-bond acceptors (Lipinski definition) is 8. The molecule has 2 atom stereocenters. The molecule has 2 aromatic rings. The van der Waals surface area contributed by atoms with Crippen LogP contribution in [0.4, 0.5) is 0 Å². The summed E-state index contributed by atoms with van der Waals surface area (Å²) in [5.41, 5.74) is 1.19. The van der Waals surface area contributed by atoms with Gasteiger partial charge in [0.15, 0.2) is 18.2 Å². The van der Waals surface area contributed by atoms with E-state index in [1.807, 2.05) is 20.8 Å². The summed E-state index contributed by atoms with van der Waals surface area (Å²) in [5, 5.41) is 21.4. The molecule has 3 rings (SSSR count). The summed E-state index contributed by atoms with van der Waals surface area (Å²) in [5.74, 6) is -0.850. The fourth-order valence-corrected chi connectivity index (χ4v) is 3.13. The van der Waals surface area contributed by atoms with E-state index in [2.05, 4.69) is 10.1 Å². The van der Waals surface area contributed by atoms with Crippen molar-refractivity contribution in [2.75, 3.05) is 33.0 Å². The van der Waals surface area contributed by atoms with Crippen LogP contribution in [0.25, 0.3) is 5.65 Å². The molecule has 0 bridgehead atoms. The van der Waals surface area contributed by atoms with Crippen molar-refractivity contribution in [3.8, 4) is 0 Å². The number of aromatic carboxylic acids is 1. The molecule has 0 radical (unpaired) electrons. The third-order valence-electron chi connectivity index (χ3n) is 4.47. The van der Waals surface area contributed by atoms with Gasteiger partial charge in [-0.2, -0.15) is 5.10 Å². The molecule has 10 nitrogen and oxygen atoms in total. The van der Waals surface area contributed by atoms with Gasteiger partial charge in [0, 0.05) is 38.8 Å². The molecule has 1 saturated heterocycles. The van der Waals surface area contributed by atoms with E-state index < -0.39 is 5.97 Å². The maximum Gasteiger partial charge on any atom is 0.341 e. The summed E-state index contributed by atoms with van der Waals surface area (Å²) >= 11 is 0. The number of carboxylic acid groups (broad SMARTS) is 1. The van der Waals surface area contributed by atoms with Gasteiger partial charge in [-0.25, -0.2) is 14.3 Å². The molecular formula is C20H31N3O7. The molecular weight excluding hydrogens is 394 g/mol. The van der Waals surface area contributed by atoms with Crippen molar-refractivity contribution in [3.63, 3.8) is 0 Å². The number of aliphatic hydroxyl groups is 1. The molecule has 1 fully saturated rings. The molecule has 1 aliphatic rings. The van der Waals surface area contributed by atoms with Crippen LogP contribution >= 0.6 is 0 Å². The van der Waals surface area contributed by atoms with Gasteiger partial charge in [-0.15, -0.1) is 0 Å². The first-order chi connectivity index (χ1) is 14.5. The lowest BCUT2D eigenvalue weighted by molar-refractivity contribution is -0.218. The number of nitrogens with zero attached hydrogens (tertiary/aromatic N) is 3. The Morgan fingerprint density at radius 1 is 1.27 bits per heavy atom. The van der Waals surface area contributed by atoms with Gasteiger partial charge in [-0.05, 0) is 39.2 Å². The Balaban J connectivity index is 0.000000214. The Morgan fingerprint density at radius 3 is 2.60 bits per heavy atom. The van der Waals surface area contributed by atoms with E-state index in [0.717, 1.165) is 18.6 Å². The molecule has 10 heteroatoms. The molecule has 2 N–H and O–H groups in total. The summed E-state index contributed by atoms with van der Waals surface area (Å²) in [4.78, 5) is 14.7. The molecule has 0 amide bonds. The molecule has 30 heavy (non-hydrogen) atoms. The number of fused-ring (bicyclic) bond motifs is 1. The normalized spacial score (nSPS) is 18.6. The quantitative estimate of drug-likeness (QED) is 0.548. The largest absolute Gasteiger partial charge is 0.477 e. The number of rotatable bonds is 10. The highest BCUT2D eigenvalue weighted by atomic mass is 16.7. The van der Waals surface area contributed by atoms with Gasteiger partial charge in [0.2, 0.25) is 0 Å². The van der Waals surface area contributed by atoms with Gasteiger partial charge in [-0.1, -0.05) is 0 Å². The Bertz CT molecular complexity index is 777. The number of carbonyl (C=O) groups is 1. The predicted octanol–water partition coefficient (Wildman–Crippen LogP) is 1.75. The summed E-state index contributed by atoms with van der Waals surface area (Å²) in [6, 6.07) is 0. The first-order valence-electron chi connectivity index (χ1n) is 10.2. The van der Waals surface area contributed by atoms with Gasteiger partial charge in [0.05, 0.1) is 18.7 Å². The average molecular weight is 425 g/mol. The van der Waals surface area contributed by atoms with Crippen LogP contribution in [0.5, 0.6) is 0 Å². The van der Waals surface area contributed by atoms with Crippen molar-refractivity contribution >= 4 is 11.6 Å². The SMILES string of the molecule is CCOC(OCC)C1CCOC1OCC.O=C(O)c1cnn2cc(CCO)cnc12. The fraction of sp³-hybridized carbons (Fsp3) is 0.650. The van der Waals surface area contributed by atoms with E-state index in [1.165, 1.54) is 10.7 Å². The van der Waals surface area contributed by atoms with Crippen LogP contribution in [-0.4, -0.2) is 76.4 Å². The van der Waals surface area contributed by atoms with Crippen molar-refractivity contribution in [2.45, 2.75) is 46.2 Å². The average Bonchev–Trinajstić information content (AvgIpc) is 3.35. The lowest BCUT2D eigenvalue weighted by Gasteiger charge is -2.26.